The van der Waals surface area contributed by atoms with Crippen molar-refractivity contribution in [3.05, 3.63) is 53.6 Å². The van der Waals surface area contributed by atoms with E-state index in [0.29, 0.717) is 21.5 Å². The molecule has 1 heterocycles. The van der Waals surface area contributed by atoms with Gasteiger partial charge in [-0.1, -0.05) is 47.6 Å². The number of carbonyl (C=O) groups excluding carboxylic acids is 2. The molecule has 1 atom stereocenters. The lowest BCUT2D eigenvalue weighted by Gasteiger charge is -2.13. The van der Waals surface area contributed by atoms with Gasteiger partial charge >= 0.3 is 5.97 Å². The molecule has 6 nitrogen and oxygen atoms in total. The van der Waals surface area contributed by atoms with Crippen LogP contribution in [0.4, 0.5) is 5.69 Å². The monoisotopic (exact) mass is 390 g/mol. The minimum absolute atomic E-state index is 0.0173. The van der Waals surface area contributed by atoms with Crippen LogP contribution in [-0.2, 0) is 14.3 Å². The lowest BCUT2D eigenvalue weighted by molar-refractivity contribution is -0.150. The number of nitrogens with zero attached hydrogens (tertiary/aromatic N) is 1. The molecule has 1 N–H and O–H groups in total. The van der Waals surface area contributed by atoms with E-state index in [1.165, 1.54) is 6.92 Å². The summed E-state index contributed by atoms with van der Waals surface area (Å²) in [5.74, 6) is -1.02. The van der Waals surface area contributed by atoms with E-state index in [1.807, 2.05) is 18.2 Å². The van der Waals surface area contributed by atoms with Crippen LogP contribution in [0.3, 0.4) is 0 Å². The summed E-state index contributed by atoms with van der Waals surface area (Å²) in [5, 5.41) is 3.40. The number of oxazole rings is 1. The minimum Gasteiger partial charge on any atom is -0.452 e. The third kappa shape index (κ3) is 4.56. The molecule has 2 aromatic carbocycles. The van der Waals surface area contributed by atoms with Crippen molar-refractivity contribution in [2.24, 2.45) is 0 Å². The average molecular weight is 391 g/mol. The van der Waals surface area contributed by atoms with Gasteiger partial charge in [0.2, 0.25) is 0 Å². The number of para-hydroxylation sites is 3. The molecule has 8 heteroatoms. The van der Waals surface area contributed by atoms with E-state index in [4.69, 9.17) is 20.8 Å². The van der Waals surface area contributed by atoms with Crippen LogP contribution in [0.2, 0.25) is 5.02 Å². The standard InChI is InChI=1S/C18H15ClN2O4S/c1-11(17(23)20-13-7-3-2-6-12(13)19)24-16(22)10-26-18-21-14-8-4-5-9-15(14)25-18/h2-9,11H,10H2,1H3,(H,20,23)/t11-/m0/s1. The molecule has 0 aliphatic carbocycles. The van der Waals surface area contributed by atoms with Gasteiger partial charge in [-0.25, -0.2) is 4.98 Å². The molecule has 0 unspecified atom stereocenters. The number of aromatic nitrogens is 1. The Hall–Kier alpha value is -2.51. The number of thioether (sulfide) groups is 1. The normalized spacial score (nSPS) is 11.9. The average Bonchev–Trinajstić information content (AvgIpc) is 3.05. The Kier molecular flexibility index (Phi) is 5.80. The molecule has 0 saturated carbocycles. The van der Waals surface area contributed by atoms with Crippen LogP contribution in [0, 0.1) is 0 Å². The molecule has 0 aliphatic rings. The largest absolute Gasteiger partial charge is 0.452 e. The van der Waals surface area contributed by atoms with Gasteiger partial charge in [-0.2, -0.15) is 0 Å². The fraction of sp³-hybridized carbons (Fsp3) is 0.167. The van der Waals surface area contributed by atoms with Crippen molar-refractivity contribution in [3.63, 3.8) is 0 Å². The van der Waals surface area contributed by atoms with Gasteiger partial charge < -0.3 is 14.5 Å². The highest BCUT2D eigenvalue weighted by Crippen LogP contribution is 2.23. The molecule has 0 fully saturated rings. The van der Waals surface area contributed by atoms with Gasteiger partial charge in [0.15, 0.2) is 11.7 Å². The fourth-order valence-electron chi connectivity index (χ4n) is 2.12. The number of benzene rings is 2. The van der Waals surface area contributed by atoms with Crippen LogP contribution < -0.4 is 5.32 Å². The number of nitrogens with one attached hydrogen (secondary N) is 1. The lowest BCUT2D eigenvalue weighted by Crippen LogP contribution is -2.30. The first-order chi connectivity index (χ1) is 12.5. The third-order valence-corrected chi connectivity index (χ3v) is 4.53. The Morgan fingerprint density at radius 1 is 1.23 bits per heavy atom. The topological polar surface area (TPSA) is 81.4 Å². The summed E-state index contributed by atoms with van der Waals surface area (Å²) in [5.41, 5.74) is 1.83. The van der Waals surface area contributed by atoms with Gasteiger partial charge in [-0.3, -0.25) is 9.59 Å². The van der Waals surface area contributed by atoms with E-state index >= 15 is 0 Å². The molecule has 134 valence electrons. The SMILES string of the molecule is C[C@H](OC(=O)CSc1nc2ccccc2o1)C(=O)Nc1ccccc1Cl. The van der Waals surface area contributed by atoms with Gasteiger partial charge in [-0.15, -0.1) is 0 Å². The molecular weight excluding hydrogens is 376 g/mol. The first kappa shape index (κ1) is 18.3. The van der Waals surface area contributed by atoms with Crippen molar-refractivity contribution in [2.45, 2.75) is 18.3 Å². The summed E-state index contributed by atoms with van der Waals surface area (Å²) >= 11 is 7.10. The van der Waals surface area contributed by atoms with Crippen LogP contribution in [0.25, 0.3) is 11.1 Å². The number of esters is 1. The zero-order valence-corrected chi connectivity index (χ0v) is 15.3. The molecule has 0 radical (unpaired) electrons. The number of rotatable bonds is 6. The van der Waals surface area contributed by atoms with E-state index < -0.39 is 18.0 Å². The van der Waals surface area contributed by atoms with Crippen LogP contribution in [-0.4, -0.2) is 28.7 Å². The molecule has 26 heavy (non-hydrogen) atoms. The van der Waals surface area contributed by atoms with Crippen LogP contribution in [0.1, 0.15) is 6.92 Å². The number of halogens is 1. The third-order valence-electron chi connectivity index (χ3n) is 3.40. The Labute approximate surface area is 158 Å². The van der Waals surface area contributed by atoms with E-state index in [-0.39, 0.29) is 5.75 Å². The predicted molar refractivity (Wildman–Crippen MR) is 100 cm³/mol. The Morgan fingerprint density at radius 3 is 2.73 bits per heavy atom. The van der Waals surface area contributed by atoms with Crippen molar-refractivity contribution >= 4 is 52.0 Å². The number of ether oxygens (including phenoxy) is 1. The van der Waals surface area contributed by atoms with Crippen molar-refractivity contribution < 1.29 is 18.7 Å². The number of fused-ring (bicyclic) bond motifs is 1. The zero-order chi connectivity index (χ0) is 18.5. The lowest BCUT2D eigenvalue weighted by atomic mass is 10.3. The van der Waals surface area contributed by atoms with Crippen LogP contribution >= 0.6 is 23.4 Å². The summed E-state index contributed by atoms with van der Waals surface area (Å²) < 4.78 is 10.6. The summed E-state index contributed by atoms with van der Waals surface area (Å²) in [6, 6.07) is 14.1. The summed E-state index contributed by atoms with van der Waals surface area (Å²) in [7, 11) is 0. The van der Waals surface area contributed by atoms with Gasteiger partial charge in [0.25, 0.3) is 11.1 Å². The van der Waals surface area contributed by atoms with E-state index in [1.54, 1.807) is 30.3 Å². The first-order valence-electron chi connectivity index (χ1n) is 7.76. The maximum atomic E-state index is 12.1. The second-order valence-corrected chi connectivity index (χ2v) is 6.67. The van der Waals surface area contributed by atoms with Crippen molar-refractivity contribution in [3.8, 4) is 0 Å². The highest BCUT2D eigenvalue weighted by molar-refractivity contribution is 7.99. The van der Waals surface area contributed by atoms with Gasteiger partial charge in [0, 0.05) is 0 Å². The van der Waals surface area contributed by atoms with Crippen molar-refractivity contribution in [1.82, 2.24) is 4.98 Å². The number of hydrogen-bond donors (Lipinski definition) is 1. The Balaban J connectivity index is 1.50. The molecule has 1 aromatic heterocycles. The van der Waals surface area contributed by atoms with Gasteiger partial charge in [-0.05, 0) is 31.2 Å². The maximum absolute atomic E-state index is 12.1. The molecular formula is C18H15ClN2O4S. The predicted octanol–water partition coefficient (Wildman–Crippen LogP) is 4.14. The van der Waals surface area contributed by atoms with Gasteiger partial charge in [0.1, 0.15) is 11.3 Å². The number of carbonyl (C=O) groups is 2. The van der Waals surface area contributed by atoms with Crippen LogP contribution in [0.5, 0.6) is 0 Å². The second-order valence-electron chi connectivity index (χ2n) is 5.34. The molecule has 1 amide bonds. The smallest absolute Gasteiger partial charge is 0.317 e. The number of anilines is 1. The molecule has 3 aromatic rings. The number of amides is 1. The number of hydrogen-bond acceptors (Lipinski definition) is 6. The quantitative estimate of drug-likeness (QED) is 0.503. The molecule has 0 spiro atoms. The van der Waals surface area contributed by atoms with E-state index in [2.05, 4.69) is 10.3 Å². The van der Waals surface area contributed by atoms with Crippen LogP contribution in [0.15, 0.2) is 58.2 Å². The Bertz CT molecular complexity index is 911. The van der Waals surface area contributed by atoms with E-state index in [0.717, 1.165) is 17.3 Å². The molecule has 3 rings (SSSR count). The zero-order valence-electron chi connectivity index (χ0n) is 13.8. The highest BCUT2D eigenvalue weighted by atomic mass is 35.5. The van der Waals surface area contributed by atoms with Crippen molar-refractivity contribution in [1.29, 1.82) is 0 Å². The van der Waals surface area contributed by atoms with E-state index in [9.17, 15) is 9.59 Å². The molecule has 0 bridgehead atoms. The second kappa shape index (κ2) is 8.25. The Morgan fingerprint density at radius 2 is 1.96 bits per heavy atom. The summed E-state index contributed by atoms with van der Waals surface area (Å²) in [4.78, 5) is 28.3. The molecule has 0 aliphatic heterocycles. The van der Waals surface area contributed by atoms with Crippen molar-refractivity contribution in [2.75, 3.05) is 11.1 Å². The molecule has 0 saturated heterocycles. The first-order valence-corrected chi connectivity index (χ1v) is 9.12. The summed E-state index contributed by atoms with van der Waals surface area (Å²) in [6.07, 6.45) is -0.956. The fourth-order valence-corrected chi connectivity index (χ4v) is 2.92. The van der Waals surface area contributed by atoms with Gasteiger partial charge in [0.05, 0.1) is 10.7 Å². The highest BCUT2D eigenvalue weighted by Gasteiger charge is 2.19. The maximum Gasteiger partial charge on any atom is 0.317 e. The summed E-state index contributed by atoms with van der Waals surface area (Å²) in [6.45, 7) is 1.49. The minimum atomic E-state index is -0.956.